The maximum Gasteiger partial charge on any atom is 0.490 e. The summed E-state index contributed by atoms with van der Waals surface area (Å²) in [7, 11) is 0. The number of carbonyl (C=O) groups is 2. The van der Waals surface area contributed by atoms with Crippen molar-refractivity contribution in [1.82, 2.24) is 10.2 Å². The minimum Gasteiger partial charge on any atom is -0.475 e. The molecule has 2 heterocycles. The van der Waals surface area contributed by atoms with Gasteiger partial charge in [-0.2, -0.15) is 13.2 Å². The van der Waals surface area contributed by atoms with Crippen LogP contribution in [0.4, 0.5) is 13.2 Å². The summed E-state index contributed by atoms with van der Waals surface area (Å²) in [6.45, 7) is 8.21. The number of carbonyl (C=O) groups excluding carboxylic acids is 1. The van der Waals surface area contributed by atoms with E-state index >= 15 is 0 Å². The van der Waals surface area contributed by atoms with Gasteiger partial charge in [0.2, 0.25) is 5.91 Å². The lowest BCUT2D eigenvalue weighted by atomic mass is 10.1. The lowest BCUT2D eigenvalue weighted by molar-refractivity contribution is -0.192. The summed E-state index contributed by atoms with van der Waals surface area (Å²) >= 11 is 0. The van der Waals surface area contributed by atoms with Crippen LogP contribution in [-0.2, 0) is 19.1 Å². The largest absolute Gasteiger partial charge is 0.490 e. The maximum absolute atomic E-state index is 12.0. The van der Waals surface area contributed by atoms with Gasteiger partial charge in [-0.1, -0.05) is 0 Å². The van der Waals surface area contributed by atoms with Crippen LogP contribution >= 0.6 is 0 Å². The molecule has 3 unspecified atom stereocenters. The molecule has 2 aliphatic heterocycles. The number of hydrogen-bond donors (Lipinski definition) is 2. The summed E-state index contributed by atoms with van der Waals surface area (Å²) in [5.41, 5.74) is 0. The van der Waals surface area contributed by atoms with Crippen LogP contribution in [0.3, 0.4) is 0 Å². The highest BCUT2D eigenvalue weighted by Gasteiger charge is 2.38. The van der Waals surface area contributed by atoms with E-state index in [1.807, 2.05) is 4.90 Å². The number of carboxylic acid groups (broad SMARTS) is 1. The van der Waals surface area contributed by atoms with Gasteiger partial charge in [0.05, 0.1) is 13.2 Å². The topological polar surface area (TPSA) is 88.1 Å². The Balaban J connectivity index is 0.000000381. The number of ether oxygens (including phenoxy) is 2. The predicted molar refractivity (Wildman–Crippen MR) is 82.1 cm³/mol. The minimum atomic E-state index is -5.08. The molecule has 2 saturated heterocycles. The predicted octanol–water partition coefficient (Wildman–Crippen LogP) is 0.882. The van der Waals surface area contributed by atoms with Crippen molar-refractivity contribution in [3.8, 4) is 0 Å². The van der Waals surface area contributed by atoms with Crippen molar-refractivity contribution in [3.05, 3.63) is 0 Å². The highest BCUT2D eigenvalue weighted by Crippen LogP contribution is 2.13. The molecule has 0 radical (unpaired) electrons. The van der Waals surface area contributed by atoms with Crippen LogP contribution < -0.4 is 5.32 Å². The third-order valence-corrected chi connectivity index (χ3v) is 3.76. The Bertz CT molecular complexity index is 431. The van der Waals surface area contributed by atoms with Crippen molar-refractivity contribution in [3.63, 3.8) is 0 Å². The van der Waals surface area contributed by atoms with Crippen molar-refractivity contribution in [2.45, 2.75) is 38.5 Å². The van der Waals surface area contributed by atoms with Gasteiger partial charge >= 0.3 is 12.1 Å². The minimum absolute atomic E-state index is 0.106. The summed E-state index contributed by atoms with van der Waals surface area (Å²) < 4.78 is 42.5. The Morgan fingerprint density at radius 1 is 1.28 bits per heavy atom. The van der Waals surface area contributed by atoms with E-state index in [1.54, 1.807) is 0 Å². The second-order valence-electron chi connectivity index (χ2n) is 6.32. The quantitative estimate of drug-likeness (QED) is 0.764. The van der Waals surface area contributed by atoms with Crippen LogP contribution in [-0.4, -0.2) is 79.7 Å². The van der Waals surface area contributed by atoms with Gasteiger partial charge < -0.3 is 24.8 Å². The number of halogens is 3. The van der Waals surface area contributed by atoms with Gasteiger partial charge in [-0.15, -0.1) is 0 Å². The zero-order valence-corrected chi connectivity index (χ0v) is 14.3. The fourth-order valence-corrected chi connectivity index (χ4v) is 2.65. The molecule has 10 heteroatoms. The fourth-order valence-electron chi connectivity index (χ4n) is 2.65. The van der Waals surface area contributed by atoms with Crippen molar-refractivity contribution in [2.75, 3.05) is 39.5 Å². The molecule has 0 aliphatic carbocycles. The Hall–Kier alpha value is -1.39. The highest BCUT2D eigenvalue weighted by molar-refractivity contribution is 5.77. The van der Waals surface area contributed by atoms with Gasteiger partial charge in [-0.25, -0.2) is 4.79 Å². The third kappa shape index (κ3) is 8.50. The molecule has 0 bridgehead atoms. The smallest absolute Gasteiger partial charge is 0.475 e. The second kappa shape index (κ2) is 9.93. The van der Waals surface area contributed by atoms with Gasteiger partial charge in [-0.05, 0) is 20.3 Å². The van der Waals surface area contributed by atoms with Crippen molar-refractivity contribution >= 4 is 11.9 Å². The van der Waals surface area contributed by atoms with Gasteiger partial charge in [-0.3, -0.25) is 4.79 Å². The Kier molecular flexibility index (Phi) is 8.60. The van der Waals surface area contributed by atoms with Crippen LogP contribution in [0.25, 0.3) is 0 Å². The average molecular weight is 370 g/mol. The standard InChI is InChI=1S/C13H24N2O3.C2HF3O2/c1-10-5-15(6-11(2)14-10)13(16)9-18-8-12-3-4-17-7-12;3-2(4,5)1(6)7/h10-12,14H,3-9H2,1-2H3;(H,6,7). The van der Waals surface area contributed by atoms with E-state index in [0.29, 0.717) is 24.6 Å². The molecule has 7 nitrogen and oxygen atoms in total. The lowest BCUT2D eigenvalue weighted by Gasteiger charge is -2.36. The van der Waals surface area contributed by atoms with E-state index in [2.05, 4.69) is 19.2 Å². The summed E-state index contributed by atoms with van der Waals surface area (Å²) in [5, 5.41) is 10.5. The molecule has 2 aliphatic rings. The number of rotatable bonds is 4. The molecule has 1 amide bonds. The Morgan fingerprint density at radius 3 is 2.28 bits per heavy atom. The number of nitrogens with one attached hydrogen (secondary N) is 1. The summed E-state index contributed by atoms with van der Waals surface area (Å²) in [6, 6.07) is 0.724. The van der Waals surface area contributed by atoms with Crippen LogP contribution in [0.2, 0.25) is 0 Å². The number of nitrogens with zero attached hydrogens (tertiary/aromatic N) is 1. The molecule has 3 atom stereocenters. The van der Waals surface area contributed by atoms with E-state index in [-0.39, 0.29) is 12.5 Å². The number of aliphatic carboxylic acids is 1. The van der Waals surface area contributed by atoms with E-state index in [0.717, 1.165) is 32.7 Å². The highest BCUT2D eigenvalue weighted by atomic mass is 19.4. The zero-order valence-electron chi connectivity index (χ0n) is 14.3. The molecular weight excluding hydrogens is 345 g/mol. The van der Waals surface area contributed by atoms with E-state index in [9.17, 15) is 18.0 Å². The number of carboxylic acids is 1. The number of amides is 1. The van der Waals surface area contributed by atoms with Crippen molar-refractivity contribution in [1.29, 1.82) is 0 Å². The molecule has 0 aromatic carbocycles. The molecule has 0 spiro atoms. The van der Waals surface area contributed by atoms with Crippen LogP contribution in [0.1, 0.15) is 20.3 Å². The van der Waals surface area contributed by atoms with E-state index in [4.69, 9.17) is 19.4 Å². The fraction of sp³-hybridized carbons (Fsp3) is 0.867. The van der Waals surface area contributed by atoms with Crippen molar-refractivity contribution < 1.29 is 37.3 Å². The first-order valence-electron chi connectivity index (χ1n) is 8.09. The summed E-state index contributed by atoms with van der Waals surface area (Å²) in [4.78, 5) is 22.8. The van der Waals surface area contributed by atoms with Gasteiger partial charge in [0.15, 0.2) is 0 Å². The lowest BCUT2D eigenvalue weighted by Crippen LogP contribution is -2.56. The average Bonchev–Trinajstić information content (AvgIpc) is 2.99. The molecule has 2 fully saturated rings. The SMILES string of the molecule is CC1CN(C(=O)COCC2CCOC2)CC(C)N1.O=C(O)C(F)(F)F. The van der Waals surface area contributed by atoms with E-state index in [1.165, 1.54) is 0 Å². The molecule has 0 saturated carbocycles. The molecule has 0 aromatic heterocycles. The monoisotopic (exact) mass is 370 g/mol. The normalized spacial score (nSPS) is 26.8. The molecule has 146 valence electrons. The first kappa shape index (κ1) is 21.7. The number of alkyl halides is 3. The molecule has 2 rings (SSSR count). The van der Waals surface area contributed by atoms with E-state index < -0.39 is 12.1 Å². The first-order chi connectivity index (χ1) is 11.6. The first-order valence-corrected chi connectivity index (χ1v) is 8.09. The Morgan fingerprint density at radius 2 is 1.84 bits per heavy atom. The Labute approximate surface area is 144 Å². The van der Waals surface area contributed by atoms with Gasteiger partial charge in [0.25, 0.3) is 0 Å². The molecule has 2 N–H and O–H groups in total. The molecule has 25 heavy (non-hydrogen) atoms. The van der Waals surface area contributed by atoms with Crippen LogP contribution in [0.15, 0.2) is 0 Å². The maximum atomic E-state index is 12.0. The molecular formula is C15H25F3N2O5. The zero-order chi connectivity index (χ0) is 19.0. The van der Waals surface area contributed by atoms with Crippen LogP contribution in [0, 0.1) is 5.92 Å². The summed E-state index contributed by atoms with van der Waals surface area (Å²) in [5.74, 6) is -2.18. The number of hydrogen-bond acceptors (Lipinski definition) is 5. The summed E-state index contributed by atoms with van der Waals surface area (Å²) in [6.07, 6.45) is -4.03. The second-order valence-corrected chi connectivity index (χ2v) is 6.32. The molecule has 0 aromatic rings. The van der Waals surface area contributed by atoms with Gasteiger partial charge in [0, 0.05) is 37.7 Å². The van der Waals surface area contributed by atoms with Gasteiger partial charge in [0.1, 0.15) is 6.61 Å². The van der Waals surface area contributed by atoms with Crippen molar-refractivity contribution in [2.24, 2.45) is 5.92 Å². The third-order valence-electron chi connectivity index (χ3n) is 3.76. The van der Waals surface area contributed by atoms with Crippen LogP contribution in [0.5, 0.6) is 0 Å². The number of piperazine rings is 1.